The highest BCUT2D eigenvalue weighted by atomic mass is 16.1. The molecule has 1 aliphatic heterocycles. The number of aromatic amines is 1. The van der Waals surface area contributed by atoms with Gasteiger partial charge in [0, 0.05) is 42.0 Å². The summed E-state index contributed by atoms with van der Waals surface area (Å²) >= 11 is 0. The number of likely N-dealkylation sites (tertiary alicyclic amines) is 1. The fourth-order valence-electron chi connectivity index (χ4n) is 5.29. The average Bonchev–Trinajstić information content (AvgIpc) is 3.00. The van der Waals surface area contributed by atoms with Gasteiger partial charge in [-0.2, -0.15) is 0 Å². The molecule has 3 heteroatoms. The number of nitrogens with one attached hydrogen (secondary N) is 1. The Kier molecular flexibility index (Phi) is 4.68. The number of ketones is 1. The molecular weight excluding hydrogens is 308 g/mol. The predicted molar refractivity (Wildman–Crippen MR) is 103 cm³/mol. The SMILES string of the molecule is CCCN1C[C@H](CCCC(C)=O)C[C@@H]2c3cccc4[nH]cc(c34)C[C@H]21. The number of rotatable bonds is 6. The zero-order chi connectivity index (χ0) is 17.4. The summed E-state index contributed by atoms with van der Waals surface area (Å²) in [7, 11) is 0. The van der Waals surface area contributed by atoms with Crippen LogP contribution in [0.2, 0.25) is 0 Å². The van der Waals surface area contributed by atoms with Crippen molar-refractivity contribution in [2.24, 2.45) is 5.92 Å². The Morgan fingerprint density at radius 3 is 3.04 bits per heavy atom. The maximum Gasteiger partial charge on any atom is 0.129 e. The summed E-state index contributed by atoms with van der Waals surface area (Å²) in [6, 6.07) is 7.43. The van der Waals surface area contributed by atoms with E-state index in [-0.39, 0.29) is 0 Å². The van der Waals surface area contributed by atoms with Crippen LogP contribution in [-0.4, -0.2) is 34.8 Å². The van der Waals surface area contributed by atoms with E-state index in [1.807, 2.05) is 0 Å². The van der Waals surface area contributed by atoms with Crippen LogP contribution in [-0.2, 0) is 11.2 Å². The normalized spacial score (nSPS) is 25.9. The topological polar surface area (TPSA) is 36.1 Å². The lowest BCUT2D eigenvalue weighted by Crippen LogP contribution is -2.50. The Bertz CT molecular complexity index is 762. The molecule has 1 N–H and O–H groups in total. The lowest BCUT2D eigenvalue weighted by Gasteiger charge is -2.47. The number of hydrogen-bond acceptors (Lipinski definition) is 2. The van der Waals surface area contributed by atoms with Crippen molar-refractivity contribution in [1.29, 1.82) is 0 Å². The summed E-state index contributed by atoms with van der Waals surface area (Å²) in [5.74, 6) is 1.70. The standard InChI is InChI=1S/C22H30N2O/c1-3-10-24-14-16(7-4-6-15(2)25)11-19-18-8-5-9-20-22(18)17(13-23-20)12-21(19)24/h5,8-9,13,16,19,21,23H,3-4,6-7,10-12,14H2,1-2H3/t16-,19-,21-/m1/s1. The van der Waals surface area contributed by atoms with Crippen LogP contribution in [0.3, 0.4) is 0 Å². The predicted octanol–water partition coefficient (Wildman–Crippen LogP) is 4.67. The summed E-state index contributed by atoms with van der Waals surface area (Å²) < 4.78 is 0. The number of carbonyl (C=O) groups excluding carboxylic acids is 1. The van der Waals surface area contributed by atoms with Crippen LogP contribution in [0.4, 0.5) is 0 Å². The van der Waals surface area contributed by atoms with E-state index in [0.29, 0.717) is 17.7 Å². The van der Waals surface area contributed by atoms with E-state index >= 15 is 0 Å². The van der Waals surface area contributed by atoms with Crippen molar-refractivity contribution in [3.63, 3.8) is 0 Å². The molecule has 0 bridgehead atoms. The van der Waals surface area contributed by atoms with Crippen LogP contribution in [0, 0.1) is 5.92 Å². The number of aromatic nitrogens is 1. The fourth-order valence-corrected chi connectivity index (χ4v) is 5.29. The largest absolute Gasteiger partial charge is 0.361 e. The monoisotopic (exact) mass is 338 g/mol. The number of carbonyl (C=O) groups is 1. The number of nitrogens with zero attached hydrogens (tertiary/aromatic N) is 1. The lowest BCUT2D eigenvalue weighted by molar-refractivity contribution is -0.117. The minimum atomic E-state index is 0.332. The first-order valence-electron chi connectivity index (χ1n) is 9.99. The molecule has 0 unspecified atom stereocenters. The van der Waals surface area contributed by atoms with Crippen molar-refractivity contribution in [2.45, 2.75) is 64.3 Å². The molecule has 0 spiro atoms. The maximum atomic E-state index is 11.3. The molecule has 25 heavy (non-hydrogen) atoms. The van der Waals surface area contributed by atoms with E-state index in [1.165, 1.54) is 55.2 Å². The summed E-state index contributed by atoms with van der Waals surface area (Å²) in [5.41, 5.74) is 4.36. The van der Waals surface area contributed by atoms with Crippen LogP contribution in [0.1, 0.15) is 63.0 Å². The highest BCUT2D eigenvalue weighted by Gasteiger charge is 2.40. The molecular formula is C22H30N2O. The molecule has 3 nitrogen and oxygen atoms in total. The first-order chi connectivity index (χ1) is 12.2. The highest BCUT2D eigenvalue weighted by Crippen LogP contribution is 2.45. The Hall–Kier alpha value is -1.61. The molecule has 4 rings (SSSR count). The Morgan fingerprint density at radius 2 is 2.24 bits per heavy atom. The average molecular weight is 338 g/mol. The van der Waals surface area contributed by atoms with Crippen molar-refractivity contribution in [3.05, 3.63) is 35.5 Å². The van der Waals surface area contributed by atoms with Gasteiger partial charge in [0.25, 0.3) is 0 Å². The Labute approximate surface area is 150 Å². The quantitative estimate of drug-likeness (QED) is 0.831. The van der Waals surface area contributed by atoms with Gasteiger partial charge >= 0.3 is 0 Å². The zero-order valence-electron chi connectivity index (χ0n) is 15.6. The number of hydrogen-bond donors (Lipinski definition) is 1. The smallest absolute Gasteiger partial charge is 0.129 e. The first-order valence-corrected chi connectivity index (χ1v) is 9.99. The van der Waals surface area contributed by atoms with E-state index in [0.717, 1.165) is 18.8 Å². The fraction of sp³-hybridized carbons (Fsp3) is 0.591. The van der Waals surface area contributed by atoms with E-state index in [4.69, 9.17) is 0 Å². The minimum absolute atomic E-state index is 0.332. The molecule has 2 heterocycles. The lowest BCUT2D eigenvalue weighted by atomic mass is 9.71. The molecule has 2 aromatic rings. The van der Waals surface area contributed by atoms with Crippen LogP contribution in [0.5, 0.6) is 0 Å². The van der Waals surface area contributed by atoms with Gasteiger partial charge in [-0.25, -0.2) is 0 Å². The number of fused-ring (bicyclic) bond motifs is 2. The number of Topliss-reactive ketones (excluding diaryl/α,β-unsaturated/α-hetero) is 1. The number of H-pyrrole nitrogens is 1. The number of benzene rings is 1. The molecule has 1 aromatic carbocycles. The molecule has 0 radical (unpaired) electrons. The van der Waals surface area contributed by atoms with Gasteiger partial charge in [0.1, 0.15) is 5.78 Å². The molecule has 1 fully saturated rings. The zero-order valence-corrected chi connectivity index (χ0v) is 15.6. The van der Waals surface area contributed by atoms with Crippen LogP contribution >= 0.6 is 0 Å². The molecule has 3 atom stereocenters. The van der Waals surface area contributed by atoms with Crippen molar-refractivity contribution < 1.29 is 4.79 Å². The second-order valence-electron chi connectivity index (χ2n) is 8.15. The van der Waals surface area contributed by atoms with Crippen molar-refractivity contribution in [2.75, 3.05) is 13.1 Å². The molecule has 0 amide bonds. The van der Waals surface area contributed by atoms with Crippen molar-refractivity contribution >= 4 is 16.7 Å². The molecule has 1 aromatic heterocycles. The third-order valence-electron chi connectivity index (χ3n) is 6.31. The third-order valence-corrected chi connectivity index (χ3v) is 6.31. The van der Waals surface area contributed by atoms with Gasteiger partial charge in [0.15, 0.2) is 0 Å². The van der Waals surface area contributed by atoms with Crippen LogP contribution in [0.25, 0.3) is 10.9 Å². The summed E-state index contributed by atoms with van der Waals surface area (Å²) in [6.45, 7) is 6.41. The molecule has 2 aliphatic rings. The van der Waals surface area contributed by atoms with E-state index in [9.17, 15) is 4.79 Å². The first kappa shape index (κ1) is 16.8. The van der Waals surface area contributed by atoms with Gasteiger partial charge in [-0.05, 0) is 68.7 Å². The van der Waals surface area contributed by atoms with Gasteiger partial charge in [0.05, 0.1) is 0 Å². The summed E-state index contributed by atoms with van der Waals surface area (Å²) in [6.07, 6.45) is 8.90. The molecule has 0 saturated carbocycles. The Balaban J connectivity index is 1.61. The number of piperidine rings is 1. The van der Waals surface area contributed by atoms with Gasteiger partial charge in [-0.1, -0.05) is 19.1 Å². The summed E-state index contributed by atoms with van der Waals surface area (Å²) in [5, 5.41) is 1.49. The molecule has 1 aliphatic carbocycles. The van der Waals surface area contributed by atoms with Gasteiger partial charge < -0.3 is 9.78 Å². The van der Waals surface area contributed by atoms with E-state index < -0.39 is 0 Å². The maximum absolute atomic E-state index is 11.3. The van der Waals surface area contributed by atoms with Crippen LogP contribution < -0.4 is 0 Å². The van der Waals surface area contributed by atoms with Crippen molar-refractivity contribution in [3.8, 4) is 0 Å². The van der Waals surface area contributed by atoms with E-state index in [2.05, 4.69) is 41.2 Å². The second-order valence-corrected chi connectivity index (χ2v) is 8.15. The third kappa shape index (κ3) is 3.15. The minimum Gasteiger partial charge on any atom is -0.361 e. The molecule has 1 saturated heterocycles. The van der Waals surface area contributed by atoms with Gasteiger partial charge in [-0.3, -0.25) is 4.90 Å². The summed E-state index contributed by atoms with van der Waals surface area (Å²) in [4.78, 5) is 17.5. The second kappa shape index (κ2) is 6.95. The van der Waals surface area contributed by atoms with E-state index in [1.54, 1.807) is 12.5 Å². The van der Waals surface area contributed by atoms with Crippen molar-refractivity contribution in [1.82, 2.24) is 9.88 Å². The van der Waals surface area contributed by atoms with Crippen LogP contribution in [0.15, 0.2) is 24.4 Å². The highest BCUT2D eigenvalue weighted by molar-refractivity contribution is 5.88. The van der Waals surface area contributed by atoms with Gasteiger partial charge in [0.2, 0.25) is 0 Å². The molecule has 134 valence electrons. The van der Waals surface area contributed by atoms with Gasteiger partial charge in [-0.15, -0.1) is 0 Å². The Morgan fingerprint density at radius 1 is 1.36 bits per heavy atom.